The van der Waals surface area contributed by atoms with Crippen molar-refractivity contribution in [3.8, 4) is 0 Å². The fourth-order valence-corrected chi connectivity index (χ4v) is 4.46. The Morgan fingerprint density at radius 1 is 1.20 bits per heavy atom. The van der Waals surface area contributed by atoms with Crippen molar-refractivity contribution in [1.82, 2.24) is 15.1 Å². The van der Waals surface area contributed by atoms with Gasteiger partial charge >= 0.3 is 0 Å². The molecule has 2 aliphatic heterocycles. The minimum absolute atomic E-state index is 0.0513. The average molecular weight is 411 g/mol. The van der Waals surface area contributed by atoms with Crippen LogP contribution < -0.4 is 4.90 Å². The number of H-pyrrole nitrogens is 1. The van der Waals surface area contributed by atoms with Gasteiger partial charge in [0, 0.05) is 38.3 Å². The molecule has 30 heavy (non-hydrogen) atoms. The van der Waals surface area contributed by atoms with Crippen LogP contribution in [0.1, 0.15) is 60.5 Å². The molecular formula is C23H30N4O3. The van der Waals surface area contributed by atoms with Gasteiger partial charge in [-0.05, 0) is 44.2 Å². The van der Waals surface area contributed by atoms with E-state index < -0.39 is 0 Å². The van der Waals surface area contributed by atoms with Crippen molar-refractivity contribution in [3.05, 3.63) is 47.8 Å². The SMILES string of the molecule is CN(C(=O)c1cn[nH]c1[C@@H]1CCCN(C(=O)C[C@@H]2CCCCO2)C1)c1ccccc1. The van der Waals surface area contributed by atoms with Gasteiger partial charge < -0.3 is 14.5 Å². The average Bonchev–Trinajstić information content (AvgIpc) is 3.29. The number of nitrogens with zero attached hydrogens (tertiary/aromatic N) is 3. The predicted octanol–water partition coefficient (Wildman–Crippen LogP) is 3.35. The van der Waals surface area contributed by atoms with Crippen molar-refractivity contribution in [3.63, 3.8) is 0 Å². The standard InChI is InChI=1S/C23H30N4O3/c1-26(18-9-3-2-4-10-18)23(29)20-15-24-25-22(20)17-8-7-12-27(16-17)21(28)14-19-11-5-6-13-30-19/h2-4,9-10,15,17,19H,5-8,11-14,16H2,1H3,(H,24,25)/t17-,19+/m1/s1. The first kappa shape index (κ1) is 20.6. The number of benzene rings is 1. The number of likely N-dealkylation sites (tertiary alicyclic amines) is 1. The summed E-state index contributed by atoms with van der Waals surface area (Å²) < 4.78 is 5.74. The maximum Gasteiger partial charge on any atom is 0.261 e. The van der Waals surface area contributed by atoms with E-state index in [1.807, 2.05) is 35.2 Å². The highest BCUT2D eigenvalue weighted by molar-refractivity contribution is 6.06. The van der Waals surface area contributed by atoms with Gasteiger partial charge in [0.25, 0.3) is 5.91 Å². The van der Waals surface area contributed by atoms with Gasteiger partial charge in [0.1, 0.15) is 0 Å². The number of hydrogen-bond donors (Lipinski definition) is 1. The van der Waals surface area contributed by atoms with Gasteiger partial charge in [-0.3, -0.25) is 14.7 Å². The summed E-state index contributed by atoms with van der Waals surface area (Å²) in [6.45, 7) is 2.14. The van der Waals surface area contributed by atoms with E-state index in [-0.39, 0.29) is 23.8 Å². The van der Waals surface area contributed by atoms with E-state index in [4.69, 9.17) is 4.74 Å². The zero-order valence-corrected chi connectivity index (χ0v) is 17.5. The van der Waals surface area contributed by atoms with Crippen molar-refractivity contribution in [2.75, 3.05) is 31.6 Å². The Kier molecular flexibility index (Phi) is 6.47. The molecule has 0 aliphatic carbocycles. The maximum absolute atomic E-state index is 13.1. The van der Waals surface area contributed by atoms with Crippen LogP contribution in [-0.2, 0) is 9.53 Å². The molecule has 0 saturated carbocycles. The fourth-order valence-electron chi connectivity index (χ4n) is 4.46. The number of ether oxygens (including phenoxy) is 1. The summed E-state index contributed by atoms with van der Waals surface area (Å²) in [6.07, 6.45) is 7.15. The quantitative estimate of drug-likeness (QED) is 0.820. The number of hydrogen-bond acceptors (Lipinski definition) is 4. The number of aromatic amines is 1. The monoisotopic (exact) mass is 410 g/mol. The highest BCUT2D eigenvalue weighted by Crippen LogP contribution is 2.30. The summed E-state index contributed by atoms with van der Waals surface area (Å²) in [5.41, 5.74) is 2.24. The summed E-state index contributed by atoms with van der Waals surface area (Å²) in [7, 11) is 1.77. The summed E-state index contributed by atoms with van der Waals surface area (Å²) >= 11 is 0. The molecule has 2 aliphatic rings. The second kappa shape index (κ2) is 9.43. The lowest BCUT2D eigenvalue weighted by Gasteiger charge is -2.34. The van der Waals surface area contributed by atoms with Crippen LogP contribution in [-0.4, -0.2) is 59.8 Å². The molecule has 2 fully saturated rings. The lowest BCUT2D eigenvalue weighted by atomic mass is 9.91. The molecule has 7 nitrogen and oxygen atoms in total. The van der Waals surface area contributed by atoms with Crippen molar-refractivity contribution in [1.29, 1.82) is 0 Å². The smallest absolute Gasteiger partial charge is 0.261 e. The van der Waals surface area contributed by atoms with Gasteiger partial charge in [0.2, 0.25) is 5.91 Å². The Hall–Kier alpha value is -2.67. The molecule has 3 heterocycles. The normalized spacial score (nSPS) is 22.0. The molecule has 1 N–H and O–H groups in total. The van der Waals surface area contributed by atoms with Crippen molar-refractivity contribution in [2.24, 2.45) is 0 Å². The largest absolute Gasteiger partial charge is 0.378 e. The number of piperidine rings is 1. The molecule has 1 aromatic carbocycles. The molecule has 0 bridgehead atoms. The minimum Gasteiger partial charge on any atom is -0.378 e. The Labute approximate surface area is 177 Å². The molecule has 2 aromatic rings. The molecule has 2 amide bonds. The van der Waals surface area contributed by atoms with Gasteiger partial charge in [-0.15, -0.1) is 0 Å². The molecule has 160 valence electrons. The first-order valence-corrected chi connectivity index (χ1v) is 10.9. The molecule has 2 saturated heterocycles. The molecule has 0 radical (unpaired) electrons. The molecule has 4 rings (SSSR count). The number of para-hydroxylation sites is 1. The van der Waals surface area contributed by atoms with Crippen LogP contribution in [0, 0.1) is 0 Å². The van der Waals surface area contributed by atoms with Crippen LogP contribution in [0.15, 0.2) is 36.5 Å². The molecule has 2 atom stereocenters. The number of carbonyl (C=O) groups excluding carboxylic acids is 2. The topological polar surface area (TPSA) is 78.5 Å². The first-order valence-electron chi connectivity index (χ1n) is 10.9. The van der Waals surface area contributed by atoms with Crippen LogP contribution in [0.3, 0.4) is 0 Å². The van der Waals surface area contributed by atoms with Gasteiger partial charge in [0.15, 0.2) is 0 Å². The van der Waals surface area contributed by atoms with Gasteiger partial charge in [-0.25, -0.2) is 0 Å². The summed E-state index contributed by atoms with van der Waals surface area (Å²) in [5.74, 6) is 0.144. The number of carbonyl (C=O) groups is 2. The molecule has 0 unspecified atom stereocenters. The van der Waals surface area contributed by atoms with Gasteiger partial charge in [-0.1, -0.05) is 18.2 Å². The highest BCUT2D eigenvalue weighted by Gasteiger charge is 2.31. The third-order valence-electron chi connectivity index (χ3n) is 6.21. The van der Waals surface area contributed by atoms with E-state index in [0.29, 0.717) is 18.5 Å². The van der Waals surface area contributed by atoms with E-state index in [9.17, 15) is 9.59 Å². The van der Waals surface area contributed by atoms with E-state index in [1.54, 1.807) is 18.1 Å². The highest BCUT2D eigenvalue weighted by atomic mass is 16.5. The van der Waals surface area contributed by atoms with Crippen molar-refractivity contribution >= 4 is 17.5 Å². The lowest BCUT2D eigenvalue weighted by molar-refractivity contribution is -0.136. The minimum atomic E-state index is -0.0935. The summed E-state index contributed by atoms with van der Waals surface area (Å²) in [6, 6.07) is 9.57. The zero-order chi connectivity index (χ0) is 20.9. The van der Waals surface area contributed by atoms with Crippen LogP contribution in [0.5, 0.6) is 0 Å². The lowest BCUT2D eigenvalue weighted by Crippen LogP contribution is -2.41. The van der Waals surface area contributed by atoms with Crippen LogP contribution in [0.4, 0.5) is 5.69 Å². The summed E-state index contributed by atoms with van der Waals surface area (Å²) in [4.78, 5) is 29.5. The van der Waals surface area contributed by atoms with Crippen LogP contribution >= 0.6 is 0 Å². The second-order valence-corrected chi connectivity index (χ2v) is 8.27. The number of amides is 2. The Balaban J connectivity index is 1.43. The van der Waals surface area contributed by atoms with Gasteiger partial charge in [0.05, 0.1) is 30.0 Å². The van der Waals surface area contributed by atoms with Crippen molar-refractivity contribution < 1.29 is 14.3 Å². The molecular weight excluding hydrogens is 380 g/mol. The molecule has 7 heteroatoms. The third kappa shape index (κ3) is 4.56. The number of rotatable bonds is 5. The van der Waals surface area contributed by atoms with Crippen LogP contribution in [0.2, 0.25) is 0 Å². The van der Waals surface area contributed by atoms with E-state index in [0.717, 1.165) is 56.6 Å². The Bertz CT molecular complexity index is 860. The van der Waals surface area contributed by atoms with E-state index >= 15 is 0 Å². The van der Waals surface area contributed by atoms with Crippen LogP contribution in [0.25, 0.3) is 0 Å². The molecule has 1 aromatic heterocycles. The first-order chi connectivity index (χ1) is 14.6. The van der Waals surface area contributed by atoms with Crippen molar-refractivity contribution in [2.45, 2.75) is 50.5 Å². The Morgan fingerprint density at radius 3 is 2.80 bits per heavy atom. The maximum atomic E-state index is 13.1. The van der Waals surface area contributed by atoms with E-state index in [2.05, 4.69) is 10.2 Å². The summed E-state index contributed by atoms with van der Waals surface area (Å²) in [5, 5.41) is 7.21. The fraction of sp³-hybridized carbons (Fsp3) is 0.522. The number of nitrogens with one attached hydrogen (secondary N) is 1. The van der Waals surface area contributed by atoms with E-state index in [1.165, 1.54) is 0 Å². The predicted molar refractivity (Wildman–Crippen MR) is 115 cm³/mol. The molecule has 0 spiro atoms. The number of anilines is 1. The number of aromatic nitrogens is 2. The Morgan fingerprint density at radius 2 is 2.03 bits per heavy atom. The third-order valence-corrected chi connectivity index (χ3v) is 6.21. The van der Waals surface area contributed by atoms with Gasteiger partial charge in [-0.2, -0.15) is 5.10 Å². The second-order valence-electron chi connectivity index (χ2n) is 8.27. The zero-order valence-electron chi connectivity index (χ0n) is 17.5.